The fourth-order valence-electron chi connectivity index (χ4n) is 2.53. The van der Waals surface area contributed by atoms with Crippen LogP contribution < -0.4 is 10.6 Å². The van der Waals surface area contributed by atoms with Gasteiger partial charge in [-0.1, -0.05) is 32.0 Å². The number of para-hydroxylation sites is 1. The summed E-state index contributed by atoms with van der Waals surface area (Å²) >= 11 is 0. The normalized spacial score (nSPS) is 10.7. The number of anilines is 3. The van der Waals surface area contributed by atoms with Crippen molar-refractivity contribution >= 4 is 23.1 Å². The highest BCUT2D eigenvalue weighted by Gasteiger charge is 2.11. The van der Waals surface area contributed by atoms with Crippen LogP contribution in [0.5, 0.6) is 0 Å². The molecule has 3 rings (SSSR count). The molecule has 27 heavy (non-hydrogen) atoms. The Balaban J connectivity index is 1.71. The average molecular weight is 368 g/mol. The summed E-state index contributed by atoms with van der Waals surface area (Å²) in [5.41, 5.74) is 2.25. The summed E-state index contributed by atoms with van der Waals surface area (Å²) < 4.78 is 26.2. The van der Waals surface area contributed by atoms with Crippen molar-refractivity contribution in [2.75, 3.05) is 10.6 Å². The van der Waals surface area contributed by atoms with E-state index < -0.39 is 17.5 Å². The first-order valence-corrected chi connectivity index (χ1v) is 8.38. The number of carbonyl (C=O) groups excluding carboxylic acids is 1. The Hall–Kier alpha value is -3.35. The van der Waals surface area contributed by atoms with E-state index in [9.17, 15) is 13.6 Å². The van der Waals surface area contributed by atoms with Crippen LogP contribution in [0.4, 0.5) is 26.0 Å². The van der Waals surface area contributed by atoms with E-state index >= 15 is 0 Å². The fraction of sp³-hybridized carbons (Fsp3) is 0.150. The predicted octanol–water partition coefficient (Wildman–Crippen LogP) is 4.87. The first-order chi connectivity index (χ1) is 12.9. The molecule has 2 N–H and O–H groups in total. The zero-order valence-corrected chi connectivity index (χ0v) is 14.8. The number of benzene rings is 2. The lowest BCUT2D eigenvalue weighted by atomic mass is 10.0. The molecular weight excluding hydrogens is 350 g/mol. The van der Waals surface area contributed by atoms with Gasteiger partial charge in [0.2, 0.25) is 0 Å². The highest BCUT2D eigenvalue weighted by molar-refractivity contribution is 6.02. The van der Waals surface area contributed by atoms with Crippen molar-refractivity contribution in [2.45, 2.75) is 19.8 Å². The smallest absolute Gasteiger partial charge is 0.275 e. The minimum Gasteiger partial charge on any atom is -0.339 e. The van der Waals surface area contributed by atoms with Crippen molar-refractivity contribution in [3.63, 3.8) is 0 Å². The second kappa shape index (κ2) is 7.90. The maximum absolute atomic E-state index is 13.2. The second-order valence-electron chi connectivity index (χ2n) is 6.24. The first-order valence-electron chi connectivity index (χ1n) is 8.38. The number of amides is 1. The van der Waals surface area contributed by atoms with E-state index in [1.54, 1.807) is 0 Å². The Bertz CT molecular complexity index is 958. The van der Waals surface area contributed by atoms with Crippen LogP contribution in [0, 0.1) is 11.6 Å². The van der Waals surface area contributed by atoms with Crippen LogP contribution in [0.25, 0.3) is 0 Å². The number of hydrogen-bond acceptors (Lipinski definition) is 4. The van der Waals surface area contributed by atoms with Crippen LogP contribution in [-0.4, -0.2) is 15.9 Å². The lowest BCUT2D eigenvalue weighted by Gasteiger charge is -2.13. The molecule has 0 aliphatic carbocycles. The van der Waals surface area contributed by atoms with E-state index in [0.29, 0.717) is 11.7 Å². The molecule has 1 amide bonds. The van der Waals surface area contributed by atoms with E-state index in [0.717, 1.165) is 23.4 Å². The quantitative estimate of drug-likeness (QED) is 0.674. The van der Waals surface area contributed by atoms with Crippen LogP contribution in [0.1, 0.15) is 35.8 Å². The summed E-state index contributed by atoms with van der Waals surface area (Å²) in [6.45, 7) is 4.19. The minimum absolute atomic E-state index is 0.0578. The number of aromatic nitrogens is 2. The maximum Gasteiger partial charge on any atom is 0.275 e. The molecule has 0 fully saturated rings. The van der Waals surface area contributed by atoms with Gasteiger partial charge in [-0.2, -0.15) is 0 Å². The molecule has 7 heteroatoms. The van der Waals surface area contributed by atoms with Gasteiger partial charge in [0.1, 0.15) is 11.5 Å². The van der Waals surface area contributed by atoms with Gasteiger partial charge in [-0.15, -0.1) is 0 Å². The van der Waals surface area contributed by atoms with Gasteiger partial charge >= 0.3 is 0 Å². The molecule has 0 atom stereocenters. The van der Waals surface area contributed by atoms with Gasteiger partial charge in [0.25, 0.3) is 5.91 Å². The zero-order chi connectivity index (χ0) is 19.4. The van der Waals surface area contributed by atoms with Gasteiger partial charge in [0.05, 0.1) is 12.4 Å². The van der Waals surface area contributed by atoms with Crippen LogP contribution in [-0.2, 0) is 0 Å². The lowest BCUT2D eigenvalue weighted by Crippen LogP contribution is -2.14. The Kier molecular flexibility index (Phi) is 5.40. The maximum atomic E-state index is 13.2. The highest BCUT2D eigenvalue weighted by Crippen LogP contribution is 2.26. The third-order valence-electron chi connectivity index (χ3n) is 3.91. The Morgan fingerprint density at radius 2 is 1.78 bits per heavy atom. The number of nitrogens with one attached hydrogen (secondary N) is 2. The molecular formula is C20H18F2N4O. The molecule has 0 radical (unpaired) electrons. The number of rotatable bonds is 5. The molecule has 3 aromatic rings. The van der Waals surface area contributed by atoms with Crippen molar-refractivity contribution in [2.24, 2.45) is 0 Å². The standard InChI is InChI=1S/C20H18F2N4O/c1-12(2)14-5-3-4-6-17(14)26-19-11-23-18(10-24-19)20(27)25-13-7-8-15(21)16(22)9-13/h3-12H,1-2H3,(H,24,26)(H,25,27). The Morgan fingerprint density at radius 3 is 2.44 bits per heavy atom. The first kappa shape index (κ1) is 18.4. The van der Waals surface area contributed by atoms with Gasteiger partial charge in [0.15, 0.2) is 11.6 Å². The lowest BCUT2D eigenvalue weighted by molar-refractivity contribution is 0.102. The van der Waals surface area contributed by atoms with Crippen LogP contribution in [0.15, 0.2) is 54.9 Å². The van der Waals surface area contributed by atoms with Gasteiger partial charge in [-0.3, -0.25) is 4.79 Å². The van der Waals surface area contributed by atoms with Crippen molar-refractivity contribution < 1.29 is 13.6 Å². The molecule has 0 bridgehead atoms. The van der Waals surface area contributed by atoms with Crippen LogP contribution in [0.2, 0.25) is 0 Å². The number of carbonyl (C=O) groups is 1. The number of halogens is 2. The molecule has 0 aliphatic rings. The van der Waals surface area contributed by atoms with Gasteiger partial charge in [0, 0.05) is 17.4 Å². The summed E-state index contributed by atoms with van der Waals surface area (Å²) in [6, 6.07) is 11.0. The fourth-order valence-corrected chi connectivity index (χ4v) is 2.53. The Labute approximate surface area is 155 Å². The summed E-state index contributed by atoms with van der Waals surface area (Å²) in [5, 5.41) is 5.64. The average Bonchev–Trinajstić information content (AvgIpc) is 2.65. The van der Waals surface area contributed by atoms with Crippen molar-refractivity contribution in [3.05, 3.63) is 77.8 Å². The SMILES string of the molecule is CC(C)c1ccccc1Nc1cnc(C(=O)Nc2ccc(F)c(F)c2)cn1. The number of hydrogen-bond donors (Lipinski definition) is 2. The third-order valence-corrected chi connectivity index (χ3v) is 3.91. The molecule has 0 saturated carbocycles. The highest BCUT2D eigenvalue weighted by atomic mass is 19.2. The largest absolute Gasteiger partial charge is 0.339 e. The van der Waals surface area contributed by atoms with Crippen LogP contribution in [0.3, 0.4) is 0 Å². The molecule has 5 nitrogen and oxygen atoms in total. The number of nitrogens with zero attached hydrogens (tertiary/aromatic N) is 2. The van der Waals surface area contributed by atoms with Crippen LogP contribution >= 0.6 is 0 Å². The minimum atomic E-state index is -1.04. The van der Waals surface area contributed by atoms with E-state index in [2.05, 4.69) is 34.4 Å². The van der Waals surface area contributed by atoms with Crippen molar-refractivity contribution in [1.82, 2.24) is 9.97 Å². The monoisotopic (exact) mass is 368 g/mol. The van der Waals surface area contributed by atoms with E-state index in [4.69, 9.17) is 0 Å². The van der Waals surface area contributed by atoms with Gasteiger partial charge in [-0.25, -0.2) is 18.7 Å². The molecule has 0 spiro atoms. The van der Waals surface area contributed by atoms with E-state index in [-0.39, 0.29) is 11.4 Å². The second-order valence-corrected chi connectivity index (χ2v) is 6.24. The summed E-state index contributed by atoms with van der Waals surface area (Å²) in [7, 11) is 0. The van der Waals surface area contributed by atoms with Gasteiger partial charge in [-0.05, 0) is 29.7 Å². The third kappa shape index (κ3) is 4.44. The van der Waals surface area contributed by atoms with Crippen molar-refractivity contribution in [1.29, 1.82) is 0 Å². The van der Waals surface area contributed by atoms with E-state index in [1.807, 2.05) is 24.3 Å². The molecule has 2 aromatic carbocycles. The molecule has 0 unspecified atom stereocenters. The van der Waals surface area contributed by atoms with Crippen molar-refractivity contribution in [3.8, 4) is 0 Å². The Morgan fingerprint density at radius 1 is 1.00 bits per heavy atom. The molecule has 0 aliphatic heterocycles. The van der Waals surface area contributed by atoms with E-state index in [1.165, 1.54) is 18.5 Å². The summed E-state index contributed by atoms with van der Waals surface area (Å²) in [6.07, 6.45) is 2.76. The topological polar surface area (TPSA) is 66.9 Å². The molecule has 1 heterocycles. The van der Waals surface area contributed by atoms with Gasteiger partial charge < -0.3 is 10.6 Å². The molecule has 1 aromatic heterocycles. The summed E-state index contributed by atoms with van der Waals surface area (Å²) in [5.74, 6) is -1.76. The predicted molar refractivity (Wildman–Crippen MR) is 100 cm³/mol. The zero-order valence-electron chi connectivity index (χ0n) is 14.8. The summed E-state index contributed by atoms with van der Waals surface area (Å²) in [4.78, 5) is 20.5. The molecule has 138 valence electrons. The molecule has 0 saturated heterocycles.